The van der Waals surface area contributed by atoms with E-state index in [-0.39, 0.29) is 22.8 Å². The number of aromatic hydroxyl groups is 3. The van der Waals surface area contributed by atoms with Crippen LogP contribution >= 0.6 is 0 Å². The first kappa shape index (κ1) is 14.7. The summed E-state index contributed by atoms with van der Waals surface area (Å²) in [4.78, 5) is 24.6. The van der Waals surface area contributed by atoms with Gasteiger partial charge in [0.25, 0.3) is 0 Å². The van der Waals surface area contributed by atoms with Crippen molar-refractivity contribution in [1.82, 2.24) is 0 Å². The van der Waals surface area contributed by atoms with E-state index in [2.05, 4.69) is 0 Å². The number of ketones is 2. The lowest BCUT2D eigenvalue weighted by Crippen LogP contribution is -2.32. The minimum Gasteiger partial charge on any atom is -0.508 e. The number of carbonyl (C=O) groups is 2. The van der Waals surface area contributed by atoms with Gasteiger partial charge in [-0.2, -0.15) is 0 Å². The Hall–Kier alpha value is -3.22. The molecule has 0 aromatic heterocycles. The van der Waals surface area contributed by atoms with E-state index in [9.17, 15) is 24.9 Å². The second-order valence-electron chi connectivity index (χ2n) is 4.93. The minimum absolute atomic E-state index is 0.00314. The number of ether oxygens (including phenoxy) is 2. The quantitative estimate of drug-likeness (QED) is 0.723. The van der Waals surface area contributed by atoms with Gasteiger partial charge in [-0.1, -0.05) is 12.1 Å². The Morgan fingerprint density at radius 3 is 2.30 bits per heavy atom. The molecule has 0 fully saturated rings. The van der Waals surface area contributed by atoms with E-state index in [0.29, 0.717) is 5.56 Å². The SMILES string of the molecule is COc1c(O)cc(O)c2c1OC(c1ccc(O)cc1)C(=O)C2=O. The van der Waals surface area contributed by atoms with Crippen LogP contribution in [0.15, 0.2) is 30.3 Å². The molecule has 118 valence electrons. The third kappa shape index (κ3) is 2.22. The summed E-state index contributed by atoms with van der Waals surface area (Å²) in [5.74, 6) is -3.16. The zero-order valence-corrected chi connectivity index (χ0v) is 11.9. The van der Waals surface area contributed by atoms with Gasteiger partial charge in [-0.05, 0) is 12.1 Å². The summed E-state index contributed by atoms with van der Waals surface area (Å²) in [6, 6.07) is 6.48. The van der Waals surface area contributed by atoms with Crippen molar-refractivity contribution in [2.75, 3.05) is 7.11 Å². The molecule has 1 heterocycles. The van der Waals surface area contributed by atoms with Gasteiger partial charge >= 0.3 is 0 Å². The molecule has 0 saturated carbocycles. The molecular formula is C16H12O7. The number of benzene rings is 2. The van der Waals surface area contributed by atoms with E-state index in [4.69, 9.17) is 9.47 Å². The smallest absolute Gasteiger partial charge is 0.248 e. The Morgan fingerprint density at radius 1 is 1.04 bits per heavy atom. The second-order valence-corrected chi connectivity index (χ2v) is 4.93. The Kier molecular flexibility index (Phi) is 3.33. The van der Waals surface area contributed by atoms with Crippen molar-refractivity contribution >= 4 is 11.6 Å². The first-order valence-corrected chi connectivity index (χ1v) is 6.61. The van der Waals surface area contributed by atoms with Crippen LogP contribution in [0, 0.1) is 0 Å². The molecule has 2 aromatic rings. The van der Waals surface area contributed by atoms with E-state index in [1.54, 1.807) is 0 Å². The predicted molar refractivity (Wildman–Crippen MR) is 77.1 cm³/mol. The molecule has 0 radical (unpaired) electrons. The van der Waals surface area contributed by atoms with Crippen LogP contribution in [0.4, 0.5) is 0 Å². The molecule has 0 bridgehead atoms. The van der Waals surface area contributed by atoms with Crippen LogP contribution in [0.25, 0.3) is 0 Å². The van der Waals surface area contributed by atoms with Gasteiger partial charge in [0.1, 0.15) is 17.1 Å². The zero-order valence-electron chi connectivity index (χ0n) is 11.9. The highest BCUT2D eigenvalue weighted by molar-refractivity contribution is 6.47. The topological polar surface area (TPSA) is 113 Å². The first-order chi connectivity index (χ1) is 10.9. The van der Waals surface area contributed by atoms with E-state index < -0.39 is 29.2 Å². The van der Waals surface area contributed by atoms with Crippen molar-refractivity contribution in [3.05, 3.63) is 41.5 Å². The van der Waals surface area contributed by atoms with E-state index in [1.807, 2.05) is 0 Å². The zero-order chi connectivity index (χ0) is 16.7. The fraction of sp³-hybridized carbons (Fsp3) is 0.125. The van der Waals surface area contributed by atoms with E-state index in [0.717, 1.165) is 6.07 Å². The fourth-order valence-corrected chi connectivity index (χ4v) is 2.42. The summed E-state index contributed by atoms with van der Waals surface area (Å²) in [6.07, 6.45) is -1.26. The number of Topliss-reactive ketones (excluding diaryl/α,β-unsaturated/α-hetero) is 2. The average Bonchev–Trinajstić information content (AvgIpc) is 2.51. The highest BCUT2D eigenvalue weighted by Crippen LogP contribution is 2.48. The number of hydrogen-bond donors (Lipinski definition) is 3. The molecule has 7 nitrogen and oxygen atoms in total. The molecule has 3 rings (SSSR count). The molecule has 1 atom stereocenters. The molecule has 1 aliphatic heterocycles. The molecule has 7 heteroatoms. The monoisotopic (exact) mass is 316 g/mol. The lowest BCUT2D eigenvalue weighted by molar-refractivity contribution is -0.122. The number of phenols is 3. The molecule has 0 amide bonds. The average molecular weight is 316 g/mol. The normalized spacial score (nSPS) is 16.7. The number of carbonyl (C=O) groups excluding carboxylic acids is 2. The number of hydrogen-bond acceptors (Lipinski definition) is 7. The third-order valence-corrected chi connectivity index (χ3v) is 3.52. The van der Waals surface area contributed by atoms with Gasteiger partial charge in [-0.25, -0.2) is 0 Å². The van der Waals surface area contributed by atoms with Gasteiger partial charge in [-0.15, -0.1) is 0 Å². The van der Waals surface area contributed by atoms with Crippen molar-refractivity contribution in [3.63, 3.8) is 0 Å². The maximum atomic E-state index is 12.3. The Labute approximate surface area is 130 Å². The predicted octanol–water partition coefficient (Wildman–Crippen LogP) is 1.70. The van der Waals surface area contributed by atoms with Crippen LogP contribution in [-0.4, -0.2) is 34.0 Å². The van der Waals surface area contributed by atoms with Crippen LogP contribution in [0.3, 0.4) is 0 Å². The lowest BCUT2D eigenvalue weighted by atomic mass is 9.94. The molecule has 0 saturated heterocycles. The van der Waals surface area contributed by atoms with Crippen molar-refractivity contribution in [2.24, 2.45) is 0 Å². The van der Waals surface area contributed by atoms with Crippen LogP contribution in [-0.2, 0) is 4.79 Å². The van der Waals surface area contributed by atoms with E-state index in [1.165, 1.54) is 31.4 Å². The highest BCUT2D eigenvalue weighted by Gasteiger charge is 2.41. The van der Waals surface area contributed by atoms with Crippen LogP contribution < -0.4 is 9.47 Å². The molecule has 0 spiro atoms. The summed E-state index contributed by atoms with van der Waals surface area (Å²) in [5.41, 5.74) is -0.00337. The van der Waals surface area contributed by atoms with Crippen molar-refractivity contribution < 1.29 is 34.4 Å². The first-order valence-electron chi connectivity index (χ1n) is 6.61. The van der Waals surface area contributed by atoms with Gasteiger partial charge in [0.05, 0.1) is 7.11 Å². The van der Waals surface area contributed by atoms with E-state index >= 15 is 0 Å². The highest BCUT2D eigenvalue weighted by atomic mass is 16.5. The van der Waals surface area contributed by atoms with Crippen LogP contribution in [0.5, 0.6) is 28.7 Å². The second kappa shape index (κ2) is 5.20. The maximum Gasteiger partial charge on any atom is 0.248 e. The standard InChI is InChI=1S/C16H12O7/c1-22-15-10(19)6-9(18)11-12(20)13(21)14(23-16(11)15)7-2-4-8(17)5-3-7/h2-6,14,17-19H,1H3. The van der Waals surface area contributed by atoms with Crippen LogP contribution in [0.1, 0.15) is 22.0 Å². The summed E-state index contributed by atoms with van der Waals surface area (Å²) < 4.78 is 10.5. The van der Waals surface area contributed by atoms with Crippen molar-refractivity contribution in [3.8, 4) is 28.7 Å². The van der Waals surface area contributed by atoms with Gasteiger partial charge in [0.15, 0.2) is 17.6 Å². The number of fused-ring (bicyclic) bond motifs is 1. The molecule has 3 N–H and O–H groups in total. The van der Waals surface area contributed by atoms with Crippen molar-refractivity contribution in [2.45, 2.75) is 6.10 Å². The molecule has 23 heavy (non-hydrogen) atoms. The summed E-state index contributed by atoms with van der Waals surface area (Å²) in [6.45, 7) is 0. The van der Waals surface area contributed by atoms with Gasteiger partial charge in [0.2, 0.25) is 17.3 Å². The molecule has 2 aromatic carbocycles. The van der Waals surface area contributed by atoms with Gasteiger partial charge in [0, 0.05) is 11.6 Å². The van der Waals surface area contributed by atoms with Gasteiger partial charge in [-0.3, -0.25) is 9.59 Å². The summed E-state index contributed by atoms with van der Waals surface area (Å²) in [7, 11) is 1.26. The number of methoxy groups -OCH3 is 1. The minimum atomic E-state index is -1.26. The number of phenolic OH excluding ortho intramolecular Hbond substituents is 3. The Bertz CT molecular complexity index is 808. The molecule has 1 aliphatic rings. The largest absolute Gasteiger partial charge is 0.508 e. The molecule has 0 aliphatic carbocycles. The third-order valence-electron chi connectivity index (χ3n) is 3.52. The maximum absolute atomic E-state index is 12.3. The molecule has 1 unspecified atom stereocenters. The summed E-state index contributed by atoms with van der Waals surface area (Å²) >= 11 is 0. The lowest BCUT2D eigenvalue weighted by Gasteiger charge is -2.26. The molecular weight excluding hydrogens is 304 g/mol. The Morgan fingerprint density at radius 2 is 1.70 bits per heavy atom. The Balaban J connectivity index is 2.16. The van der Waals surface area contributed by atoms with Crippen molar-refractivity contribution in [1.29, 1.82) is 0 Å². The summed E-state index contributed by atoms with van der Waals surface area (Å²) in [5, 5.41) is 28.9. The fourth-order valence-electron chi connectivity index (χ4n) is 2.42. The van der Waals surface area contributed by atoms with Crippen LogP contribution in [0.2, 0.25) is 0 Å². The number of rotatable bonds is 2. The van der Waals surface area contributed by atoms with Gasteiger partial charge < -0.3 is 24.8 Å².